The number of carbonyl (C=O) groups excluding carboxylic acids is 1. The predicted molar refractivity (Wildman–Crippen MR) is 80.9 cm³/mol. The van der Waals surface area contributed by atoms with Crippen LogP contribution < -0.4 is 0 Å². The van der Waals surface area contributed by atoms with Gasteiger partial charge in [-0.2, -0.15) is 0 Å². The molecule has 3 rings (SSSR count). The van der Waals surface area contributed by atoms with E-state index in [9.17, 15) is 4.79 Å². The Labute approximate surface area is 127 Å². The van der Waals surface area contributed by atoms with Crippen molar-refractivity contribution in [2.45, 2.75) is 32.1 Å². The van der Waals surface area contributed by atoms with Gasteiger partial charge in [0, 0.05) is 38.6 Å². The number of piperidine rings is 1. The van der Waals surface area contributed by atoms with E-state index in [1.807, 2.05) is 0 Å². The number of allylic oxidation sites excluding steroid dienone is 2. The molecule has 0 radical (unpaired) electrons. The number of amides is 1. The molecule has 3 aliphatic rings. The van der Waals surface area contributed by atoms with Crippen molar-refractivity contribution in [3.05, 3.63) is 12.2 Å². The highest BCUT2D eigenvalue weighted by atomic mass is 16.5. The van der Waals surface area contributed by atoms with Crippen LogP contribution in [0.15, 0.2) is 12.2 Å². The highest BCUT2D eigenvalue weighted by Gasteiger charge is 2.44. The molecule has 0 aromatic heterocycles. The van der Waals surface area contributed by atoms with Gasteiger partial charge in [-0.3, -0.25) is 4.79 Å². The van der Waals surface area contributed by atoms with Crippen molar-refractivity contribution in [2.75, 3.05) is 40.0 Å². The summed E-state index contributed by atoms with van der Waals surface area (Å²) in [7, 11) is 1.77. The molecule has 1 atom stereocenters. The van der Waals surface area contributed by atoms with Crippen molar-refractivity contribution in [3.63, 3.8) is 0 Å². The van der Waals surface area contributed by atoms with Crippen molar-refractivity contribution >= 4 is 5.91 Å². The molecule has 1 amide bonds. The van der Waals surface area contributed by atoms with Gasteiger partial charge >= 0.3 is 0 Å². The number of methoxy groups -OCH3 is 1. The van der Waals surface area contributed by atoms with Gasteiger partial charge in [-0.25, -0.2) is 0 Å². The van der Waals surface area contributed by atoms with Crippen LogP contribution in [0, 0.1) is 17.3 Å². The number of nitrogens with zero attached hydrogens (tertiary/aromatic N) is 1. The Bertz CT molecular complexity index is 389. The van der Waals surface area contributed by atoms with Crippen LogP contribution >= 0.6 is 0 Å². The average molecular weight is 293 g/mol. The minimum Gasteiger partial charge on any atom is -0.384 e. The fourth-order valence-electron chi connectivity index (χ4n) is 4.22. The van der Waals surface area contributed by atoms with E-state index in [0.717, 1.165) is 65.0 Å². The summed E-state index contributed by atoms with van der Waals surface area (Å²) in [6.07, 6.45) is 9.48. The van der Waals surface area contributed by atoms with Crippen LogP contribution in [-0.2, 0) is 14.3 Å². The Morgan fingerprint density at radius 3 is 2.67 bits per heavy atom. The van der Waals surface area contributed by atoms with E-state index in [1.165, 1.54) is 0 Å². The first-order chi connectivity index (χ1) is 10.2. The third-order valence-electron chi connectivity index (χ3n) is 5.73. The molecule has 4 heteroatoms. The smallest absolute Gasteiger partial charge is 0.226 e. The van der Waals surface area contributed by atoms with Crippen LogP contribution in [0.2, 0.25) is 0 Å². The van der Waals surface area contributed by atoms with Crippen molar-refractivity contribution < 1.29 is 14.3 Å². The Morgan fingerprint density at radius 2 is 2.00 bits per heavy atom. The van der Waals surface area contributed by atoms with Gasteiger partial charge in [-0.1, -0.05) is 12.2 Å². The lowest BCUT2D eigenvalue weighted by Crippen LogP contribution is -2.51. The van der Waals surface area contributed by atoms with E-state index in [-0.39, 0.29) is 5.92 Å². The first-order valence-corrected chi connectivity index (χ1v) is 8.26. The summed E-state index contributed by atoms with van der Waals surface area (Å²) in [6, 6.07) is 0. The maximum absolute atomic E-state index is 12.5. The monoisotopic (exact) mass is 293 g/mol. The fraction of sp³-hybridized carbons (Fsp3) is 0.824. The summed E-state index contributed by atoms with van der Waals surface area (Å²) in [5.41, 5.74) is 0.332. The number of ether oxygens (including phenoxy) is 2. The van der Waals surface area contributed by atoms with Gasteiger partial charge in [0.2, 0.25) is 5.91 Å². The van der Waals surface area contributed by atoms with E-state index in [0.29, 0.717) is 17.2 Å². The summed E-state index contributed by atoms with van der Waals surface area (Å²) < 4.78 is 11.0. The largest absolute Gasteiger partial charge is 0.384 e. The molecule has 0 aromatic rings. The minimum atomic E-state index is 0.212. The Balaban J connectivity index is 1.59. The first-order valence-electron chi connectivity index (χ1n) is 8.26. The van der Waals surface area contributed by atoms with Crippen molar-refractivity contribution in [2.24, 2.45) is 17.3 Å². The zero-order chi connectivity index (χ0) is 14.7. The summed E-state index contributed by atoms with van der Waals surface area (Å²) in [4.78, 5) is 14.6. The summed E-state index contributed by atoms with van der Waals surface area (Å²) in [6.45, 7) is 4.28. The van der Waals surface area contributed by atoms with Crippen LogP contribution in [0.3, 0.4) is 0 Å². The second-order valence-electron chi connectivity index (χ2n) is 6.80. The van der Waals surface area contributed by atoms with E-state index in [4.69, 9.17) is 9.47 Å². The quantitative estimate of drug-likeness (QED) is 0.749. The zero-order valence-electron chi connectivity index (χ0n) is 13.1. The highest BCUT2D eigenvalue weighted by molar-refractivity contribution is 5.79. The lowest BCUT2D eigenvalue weighted by molar-refractivity contribution is -0.142. The van der Waals surface area contributed by atoms with Crippen LogP contribution in [0.1, 0.15) is 32.1 Å². The maximum Gasteiger partial charge on any atom is 0.226 e. The molecule has 0 N–H and O–H groups in total. The van der Waals surface area contributed by atoms with E-state index in [1.54, 1.807) is 7.11 Å². The minimum absolute atomic E-state index is 0.212. The molecule has 1 spiro atoms. The highest BCUT2D eigenvalue weighted by Crippen LogP contribution is 2.45. The van der Waals surface area contributed by atoms with E-state index in [2.05, 4.69) is 17.1 Å². The summed E-state index contributed by atoms with van der Waals surface area (Å²) in [5, 5.41) is 0. The second-order valence-corrected chi connectivity index (χ2v) is 6.80. The van der Waals surface area contributed by atoms with Crippen molar-refractivity contribution in [3.8, 4) is 0 Å². The molecule has 2 aliphatic heterocycles. The molecule has 21 heavy (non-hydrogen) atoms. The van der Waals surface area contributed by atoms with Crippen LogP contribution in [0.5, 0.6) is 0 Å². The number of carbonyl (C=O) groups is 1. The molecule has 4 nitrogen and oxygen atoms in total. The molecule has 1 aliphatic carbocycles. The van der Waals surface area contributed by atoms with Crippen molar-refractivity contribution in [1.29, 1.82) is 0 Å². The first kappa shape index (κ1) is 15.0. The number of hydrogen-bond acceptors (Lipinski definition) is 3. The summed E-state index contributed by atoms with van der Waals surface area (Å²) >= 11 is 0. The molecule has 0 aromatic carbocycles. The topological polar surface area (TPSA) is 38.8 Å². The average Bonchev–Trinajstić information content (AvgIpc) is 3.04. The van der Waals surface area contributed by atoms with Gasteiger partial charge in [-0.05, 0) is 37.5 Å². The molecule has 2 fully saturated rings. The lowest BCUT2D eigenvalue weighted by Gasteiger charge is -2.49. The standard InChI is InChI=1S/C17H27NO3/c1-20-12-15-13-21-11-8-17(15)6-9-18(10-7-17)16(19)14-4-2-3-5-14/h2-3,14-15H,4-13H2,1H3. The van der Waals surface area contributed by atoms with Crippen LogP contribution in [-0.4, -0.2) is 50.8 Å². The second kappa shape index (κ2) is 6.49. The van der Waals surface area contributed by atoms with E-state index < -0.39 is 0 Å². The van der Waals surface area contributed by atoms with Crippen LogP contribution in [0.25, 0.3) is 0 Å². The molecule has 2 heterocycles. The molecule has 118 valence electrons. The Morgan fingerprint density at radius 1 is 1.29 bits per heavy atom. The van der Waals surface area contributed by atoms with Gasteiger partial charge in [0.25, 0.3) is 0 Å². The third kappa shape index (κ3) is 3.02. The molecule has 0 saturated carbocycles. The van der Waals surface area contributed by atoms with Gasteiger partial charge in [0.05, 0.1) is 13.2 Å². The third-order valence-corrected chi connectivity index (χ3v) is 5.73. The molecule has 2 saturated heterocycles. The molecular formula is C17H27NO3. The van der Waals surface area contributed by atoms with E-state index >= 15 is 0 Å². The lowest BCUT2D eigenvalue weighted by atomic mass is 9.66. The Hall–Kier alpha value is -0.870. The fourth-order valence-corrected chi connectivity index (χ4v) is 4.22. The summed E-state index contributed by atoms with van der Waals surface area (Å²) in [5.74, 6) is 1.07. The van der Waals surface area contributed by atoms with Crippen molar-refractivity contribution in [1.82, 2.24) is 4.90 Å². The number of rotatable bonds is 3. The van der Waals surface area contributed by atoms with Gasteiger partial charge in [-0.15, -0.1) is 0 Å². The van der Waals surface area contributed by atoms with Gasteiger partial charge in [0.15, 0.2) is 0 Å². The number of hydrogen-bond donors (Lipinski definition) is 0. The Kier molecular flexibility index (Phi) is 4.65. The number of likely N-dealkylation sites (tertiary alicyclic amines) is 1. The normalized spacial score (nSPS) is 29.2. The van der Waals surface area contributed by atoms with Gasteiger partial charge < -0.3 is 14.4 Å². The SMILES string of the molecule is COCC1COCCC12CCN(C(=O)C1CC=CC1)CC2. The van der Waals surface area contributed by atoms with Crippen LogP contribution in [0.4, 0.5) is 0 Å². The zero-order valence-corrected chi connectivity index (χ0v) is 13.1. The molecule has 0 bridgehead atoms. The molecular weight excluding hydrogens is 266 g/mol. The maximum atomic E-state index is 12.5. The molecule has 1 unspecified atom stereocenters. The predicted octanol–water partition coefficient (Wildman–Crippen LogP) is 2.24. The van der Waals surface area contributed by atoms with Gasteiger partial charge in [0.1, 0.15) is 0 Å².